The van der Waals surface area contributed by atoms with Crippen LogP contribution in [0.5, 0.6) is 0 Å². The highest BCUT2D eigenvalue weighted by Gasteiger charge is 2.31. The third-order valence-electron chi connectivity index (χ3n) is 9.12. The number of aryl methyl sites for hydroxylation is 1. The molecule has 2 fully saturated rings. The fourth-order valence-electron chi connectivity index (χ4n) is 6.80. The summed E-state index contributed by atoms with van der Waals surface area (Å²) >= 11 is 0. The number of carbonyl (C=O) groups excluding carboxylic acids is 1. The van der Waals surface area contributed by atoms with Gasteiger partial charge in [-0.1, -0.05) is 102 Å². The first-order chi connectivity index (χ1) is 17.2. The summed E-state index contributed by atoms with van der Waals surface area (Å²) in [6.07, 6.45) is 26.7. The first kappa shape index (κ1) is 28.0. The van der Waals surface area contributed by atoms with E-state index >= 15 is 0 Å². The quantitative estimate of drug-likeness (QED) is 0.197. The van der Waals surface area contributed by atoms with Gasteiger partial charge in [0.05, 0.1) is 0 Å². The molecule has 2 aliphatic carbocycles. The van der Waals surface area contributed by atoms with Crippen LogP contribution in [0.15, 0.2) is 36.9 Å². The SMILES string of the molecule is C=CC(=O)NCCCc1ccc(C2CCC(C3CCC(CCCCCCCCC)CC3)CC2)cc1. The van der Waals surface area contributed by atoms with Crippen LogP contribution in [0.3, 0.4) is 0 Å². The molecule has 0 spiro atoms. The summed E-state index contributed by atoms with van der Waals surface area (Å²) in [5.74, 6) is 3.74. The topological polar surface area (TPSA) is 29.1 Å². The molecule has 0 saturated heterocycles. The minimum absolute atomic E-state index is 0.0764. The molecule has 1 aromatic rings. The highest BCUT2D eigenvalue weighted by Crippen LogP contribution is 2.44. The maximum absolute atomic E-state index is 11.2. The predicted octanol–water partition coefficient (Wildman–Crippen LogP) is 9.14. The van der Waals surface area contributed by atoms with Crippen LogP contribution < -0.4 is 5.32 Å². The number of nitrogens with one attached hydrogen (secondary N) is 1. The maximum Gasteiger partial charge on any atom is 0.243 e. The third kappa shape index (κ3) is 10.1. The standard InChI is InChI=1S/C33H53NO/c1-3-5-6-7-8-9-10-12-27-14-18-29(19-15-27)31-22-24-32(25-23-31)30-20-16-28(17-21-30)13-11-26-34-33(35)4-2/h4,16-17,20-21,27,29,31-32H,2-3,5-15,18-19,22-26H2,1H3,(H,34,35). The molecule has 2 heteroatoms. The minimum Gasteiger partial charge on any atom is -0.353 e. The Kier molecular flexibility index (Phi) is 13.0. The molecule has 3 rings (SSSR count). The van der Waals surface area contributed by atoms with Crippen LogP contribution >= 0.6 is 0 Å². The van der Waals surface area contributed by atoms with Crippen LogP contribution in [0, 0.1) is 17.8 Å². The monoisotopic (exact) mass is 479 g/mol. The first-order valence-corrected chi connectivity index (χ1v) is 15.2. The van der Waals surface area contributed by atoms with Gasteiger partial charge in [0, 0.05) is 6.54 Å². The molecule has 2 saturated carbocycles. The van der Waals surface area contributed by atoms with Crippen molar-refractivity contribution in [1.82, 2.24) is 5.32 Å². The van der Waals surface area contributed by atoms with Crippen molar-refractivity contribution in [3.05, 3.63) is 48.0 Å². The number of amides is 1. The Balaban J connectivity index is 1.27. The molecule has 0 aromatic heterocycles. The molecule has 2 nitrogen and oxygen atoms in total. The molecular formula is C33H53NO. The molecule has 196 valence electrons. The molecule has 0 unspecified atom stereocenters. The van der Waals surface area contributed by atoms with Crippen LogP contribution in [-0.4, -0.2) is 12.5 Å². The van der Waals surface area contributed by atoms with E-state index in [1.165, 1.54) is 114 Å². The van der Waals surface area contributed by atoms with Gasteiger partial charge in [-0.25, -0.2) is 0 Å². The Labute approximate surface area is 216 Å². The van der Waals surface area contributed by atoms with Gasteiger partial charge in [-0.2, -0.15) is 0 Å². The summed E-state index contributed by atoms with van der Waals surface area (Å²) in [5.41, 5.74) is 2.93. The van der Waals surface area contributed by atoms with Crippen LogP contribution in [0.2, 0.25) is 0 Å². The van der Waals surface area contributed by atoms with E-state index in [9.17, 15) is 4.79 Å². The van der Waals surface area contributed by atoms with Crippen molar-refractivity contribution in [2.75, 3.05) is 6.54 Å². The van der Waals surface area contributed by atoms with E-state index in [2.05, 4.69) is 43.1 Å². The van der Waals surface area contributed by atoms with Crippen LogP contribution in [0.25, 0.3) is 0 Å². The van der Waals surface area contributed by atoms with Crippen molar-refractivity contribution < 1.29 is 4.79 Å². The van der Waals surface area contributed by atoms with Crippen molar-refractivity contribution in [3.63, 3.8) is 0 Å². The number of hydrogen-bond donors (Lipinski definition) is 1. The van der Waals surface area contributed by atoms with Crippen molar-refractivity contribution in [3.8, 4) is 0 Å². The average molecular weight is 480 g/mol. The second kappa shape index (κ2) is 16.2. The van der Waals surface area contributed by atoms with Gasteiger partial charge in [0.1, 0.15) is 0 Å². The van der Waals surface area contributed by atoms with E-state index in [4.69, 9.17) is 0 Å². The Morgan fingerprint density at radius 2 is 1.43 bits per heavy atom. The van der Waals surface area contributed by atoms with E-state index in [-0.39, 0.29) is 5.91 Å². The number of rotatable bonds is 15. The van der Waals surface area contributed by atoms with Gasteiger partial charge in [0.15, 0.2) is 0 Å². The smallest absolute Gasteiger partial charge is 0.243 e. The average Bonchev–Trinajstić information content (AvgIpc) is 2.91. The van der Waals surface area contributed by atoms with Crippen molar-refractivity contribution >= 4 is 5.91 Å². The minimum atomic E-state index is -0.0764. The Morgan fingerprint density at radius 3 is 2.06 bits per heavy atom. The summed E-state index contributed by atoms with van der Waals surface area (Å²) in [6, 6.07) is 9.36. The molecule has 0 bridgehead atoms. The molecular weight excluding hydrogens is 426 g/mol. The zero-order chi connectivity index (χ0) is 24.7. The Hall–Kier alpha value is -1.57. The molecule has 1 amide bonds. The number of hydrogen-bond acceptors (Lipinski definition) is 1. The second-order valence-corrected chi connectivity index (χ2v) is 11.6. The largest absolute Gasteiger partial charge is 0.353 e. The van der Waals surface area contributed by atoms with E-state index in [1.807, 2.05) is 0 Å². The highest BCUT2D eigenvalue weighted by molar-refractivity contribution is 5.86. The van der Waals surface area contributed by atoms with E-state index in [0.29, 0.717) is 0 Å². The van der Waals surface area contributed by atoms with Gasteiger partial charge >= 0.3 is 0 Å². The highest BCUT2D eigenvalue weighted by atomic mass is 16.1. The summed E-state index contributed by atoms with van der Waals surface area (Å²) in [7, 11) is 0. The third-order valence-corrected chi connectivity index (χ3v) is 9.12. The molecule has 1 N–H and O–H groups in total. The predicted molar refractivity (Wildman–Crippen MR) is 151 cm³/mol. The van der Waals surface area contributed by atoms with Gasteiger partial charge < -0.3 is 5.32 Å². The van der Waals surface area contributed by atoms with Crippen molar-refractivity contribution in [2.24, 2.45) is 17.8 Å². The lowest BCUT2D eigenvalue weighted by molar-refractivity contribution is -0.116. The zero-order valence-electron chi connectivity index (χ0n) is 22.7. The Morgan fingerprint density at radius 1 is 0.829 bits per heavy atom. The van der Waals surface area contributed by atoms with Crippen LogP contribution in [0.1, 0.15) is 133 Å². The van der Waals surface area contributed by atoms with Crippen LogP contribution in [-0.2, 0) is 11.2 Å². The molecule has 0 atom stereocenters. The summed E-state index contributed by atoms with van der Waals surface area (Å²) in [6.45, 7) is 6.52. The number of carbonyl (C=O) groups is 1. The fraction of sp³-hybridized carbons (Fsp3) is 0.727. The second-order valence-electron chi connectivity index (χ2n) is 11.6. The normalized spacial score (nSPS) is 24.7. The van der Waals surface area contributed by atoms with Crippen molar-refractivity contribution in [2.45, 2.75) is 128 Å². The zero-order valence-corrected chi connectivity index (χ0v) is 22.7. The van der Waals surface area contributed by atoms with Crippen LogP contribution in [0.4, 0.5) is 0 Å². The van der Waals surface area contributed by atoms with E-state index < -0.39 is 0 Å². The lowest BCUT2D eigenvalue weighted by Crippen LogP contribution is -2.25. The number of benzene rings is 1. The molecule has 0 heterocycles. The number of unbranched alkanes of at least 4 members (excludes halogenated alkanes) is 6. The molecule has 2 aliphatic rings. The molecule has 35 heavy (non-hydrogen) atoms. The van der Waals surface area contributed by atoms with E-state index in [1.54, 1.807) is 5.56 Å². The fourth-order valence-corrected chi connectivity index (χ4v) is 6.80. The van der Waals surface area contributed by atoms with Gasteiger partial charge in [-0.15, -0.1) is 0 Å². The van der Waals surface area contributed by atoms with Gasteiger partial charge in [0.25, 0.3) is 0 Å². The lowest BCUT2D eigenvalue weighted by atomic mass is 9.68. The van der Waals surface area contributed by atoms with E-state index in [0.717, 1.165) is 43.1 Å². The lowest BCUT2D eigenvalue weighted by Gasteiger charge is -2.38. The Bertz CT molecular complexity index is 707. The molecule has 1 aromatic carbocycles. The summed E-state index contributed by atoms with van der Waals surface area (Å²) in [5, 5.41) is 2.86. The summed E-state index contributed by atoms with van der Waals surface area (Å²) in [4.78, 5) is 11.2. The molecule has 0 aliphatic heterocycles. The maximum atomic E-state index is 11.2. The first-order valence-electron chi connectivity index (χ1n) is 15.2. The van der Waals surface area contributed by atoms with Crippen molar-refractivity contribution in [1.29, 1.82) is 0 Å². The van der Waals surface area contributed by atoms with Gasteiger partial charge in [-0.3, -0.25) is 4.79 Å². The van der Waals surface area contributed by atoms with Gasteiger partial charge in [-0.05, 0) is 92.2 Å². The molecule has 0 radical (unpaired) electrons. The summed E-state index contributed by atoms with van der Waals surface area (Å²) < 4.78 is 0. The van der Waals surface area contributed by atoms with Gasteiger partial charge in [0.2, 0.25) is 5.91 Å².